The maximum Gasteiger partial charge on any atom is 0.210 e. The molecule has 6 rings (SSSR count). The normalized spacial score (nSPS) is 22.5. The quantitative estimate of drug-likeness (QED) is 0.144. The molecule has 2 saturated heterocycles. The predicted molar refractivity (Wildman–Crippen MR) is 239 cm³/mol. The van der Waals surface area contributed by atoms with Gasteiger partial charge in [0, 0.05) is 113 Å². The number of likely N-dealkylation sites (tertiary alicyclic amines) is 2. The zero-order valence-electron chi connectivity index (χ0n) is 36.8. The summed E-state index contributed by atoms with van der Waals surface area (Å²) >= 11 is 0. The van der Waals surface area contributed by atoms with Crippen molar-refractivity contribution in [2.45, 2.75) is 25.7 Å². The van der Waals surface area contributed by atoms with E-state index >= 15 is 13.6 Å². The van der Waals surface area contributed by atoms with E-state index in [4.69, 9.17) is 0 Å². The third-order valence-electron chi connectivity index (χ3n) is 13.2. The molecule has 2 heterocycles. The fourth-order valence-electron chi connectivity index (χ4n) is 9.42. The molecule has 344 valence electrons. The maximum atomic E-state index is 16.2. The summed E-state index contributed by atoms with van der Waals surface area (Å²) in [6.45, 7) is 3.42. The Morgan fingerprint density at radius 2 is 0.938 bits per heavy atom. The van der Waals surface area contributed by atoms with E-state index in [0.717, 1.165) is 21.1 Å². The highest BCUT2D eigenvalue weighted by atomic mass is 32.2. The van der Waals surface area contributed by atoms with Crippen LogP contribution in [0.25, 0.3) is 0 Å². The molecule has 2 aliphatic rings. The monoisotopic (exact) mass is 922 g/mol. The van der Waals surface area contributed by atoms with Gasteiger partial charge in [-0.2, -0.15) is 0 Å². The molecule has 0 radical (unpaired) electrons. The number of hydrogen-bond donors (Lipinski definition) is 2. The number of hydrogen-bond acceptors (Lipinski definition) is 11. The average molecular weight is 923 g/mol. The molecule has 0 bridgehead atoms. The summed E-state index contributed by atoms with van der Waals surface area (Å²) in [5.41, 5.74) is 1.53. The van der Waals surface area contributed by atoms with Crippen molar-refractivity contribution >= 4 is 37.4 Å². The Labute approximate surface area is 374 Å². The van der Waals surface area contributed by atoms with Gasteiger partial charge in [0.15, 0.2) is 11.6 Å². The van der Waals surface area contributed by atoms with E-state index < -0.39 is 84.5 Å². The molecule has 0 aliphatic carbocycles. The molecule has 2 fully saturated rings. The van der Waals surface area contributed by atoms with Crippen LogP contribution in [0, 0.1) is 49.2 Å². The number of nitrogens with zero attached hydrogens (tertiary/aromatic N) is 4. The highest BCUT2D eigenvalue weighted by Gasteiger charge is 2.52. The van der Waals surface area contributed by atoms with Crippen LogP contribution in [0.4, 0.5) is 8.78 Å². The van der Waals surface area contributed by atoms with E-state index in [1.807, 2.05) is 9.80 Å². The van der Waals surface area contributed by atoms with Crippen LogP contribution < -0.4 is 0 Å². The van der Waals surface area contributed by atoms with Crippen molar-refractivity contribution in [2.75, 3.05) is 79.0 Å². The highest BCUT2D eigenvalue weighted by Crippen LogP contribution is 2.47. The number of carbonyl (C=O) groups excluding carboxylic acids is 3. The molecule has 13 nitrogen and oxygen atoms in total. The van der Waals surface area contributed by atoms with Crippen molar-refractivity contribution < 1.29 is 50.2 Å². The number of likely N-dealkylation sites (N-methyl/N-ethyl adjacent to an activating group) is 2. The minimum Gasteiger partial charge on any atom is -0.508 e. The molecule has 0 spiro atoms. The van der Waals surface area contributed by atoms with Gasteiger partial charge in [0.2, 0.25) is 20.0 Å². The van der Waals surface area contributed by atoms with Gasteiger partial charge >= 0.3 is 0 Å². The van der Waals surface area contributed by atoms with E-state index in [1.165, 1.54) is 86.9 Å². The molecule has 0 saturated carbocycles. The van der Waals surface area contributed by atoms with Crippen LogP contribution >= 0.6 is 0 Å². The minimum atomic E-state index is -3.63. The Kier molecular flexibility index (Phi) is 14.9. The van der Waals surface area contributed by atoms with Crippen LogP contribution in [0.1, 0.15) is 54.8 Å². The number of aromatic hydroxyl groups is 2. The Balaban J connectivity index is 1.56. The summed E-state index contributed by atoms with van der Waals surface area (Å²) < 4.78 is 83.8. The van der Waals surface area contributed by atoms with Crippen LogP contribution in [0.3, 0.4) is 0 Å². The Hall–Kier alpha value is -4.91. The van der Waals surface area contributed by atoms with Crippen LogP contribution in [0.5, 0.6) is 11.5 Å². The van der Waals surface area contributed by atoms with Crippen molar-refractivity contribution in [2.24, 2.45) is 23.7 Å². The van der Waals surface area contributed by atoms with Gasteiger partial charge in [0.25, 0.3) is 0 Å². The standard InChI is InChI=1S/C47H56F2N4O9S2/c1-29-35(15-9-17-41(29)48)43-37(45(56)31-11-7-13-33(54)23-31)25-52(21-19-50(3)63(5,59)60)27-39(43)47(58)40-28-53(22-20-51(4)64(6,61)62)26-38(46(57)32-12-8-14-34(55)24-32)44(40)36-16-10-18-42(49)30(36)2/h7-18,23-24,37-40,43-44,54-55H,19-22,25-28H2,1-6H3/t37-,38?,39-,40?,43-,44?/m0/s1. The number of carbonyl (C=O) groups is 3. The molecule has 3 unspecified atom stereocenters. The highest BCUT2D eigenvalue weighted by molar-refractivity contribution is 7.88. The van der Waals surface area contributed by atoms with Crippen LogP contribution in [-0.2, 0) is 24.8 Å². The van der Waals surface area contributed by atoms with Crippen LogP contribution in [-0.4, -0.2) is 142 Å². The van der Waals surface area contributed by atoms with E-state index in [2.05, 4.69) is 0 Å². The first-order chi connectivity index (χ1) is 30.1. The number of rotatable bonds is 16. The largest absolute Gasteiger partial charge is 0.508 e. The maximum absolute atomic E-state index is 16.2. The van der Waals surface area contributed by atoms with Crippen molar-refractivity contribution in [3.05, 3.63) is 130 Å². The van der Waals surface area contributed by atoms with Gasteiger partial charge in [-0.3, -0.25) is 14.4 Å². The molecular weight excluding hydrogens is 867 g/mol. The van der Waals surface area contributed by atoms with E-state index in [9.17, 15) is 36.6 Å². The second-order valence-electron chi connectivity index (χ2n) is 17.3. The lowest BCUT2D eigenvalue weighted by molar-refractivity contribution is -0.133. The molecule has 4 aromatic carbocycles. The Morgan fingerprint density at radius 3 is 1.28 bits per heavy atom. The number of phenols is 2. The lowest BCUT2D eigenvalue weighted by Gasteiger charge is -2.48. The summed E-state index contributed by atoms with van der Waals surface area (Å²) in [5.74, 6) is -8.94. The number of ketones is 3. The summed E-state index contributed by atoms with van der Waals surface area (Å²) in [4.78, 5) is 49.6. The summed E-state index contributed by atoms with van der Waals surface area (Å²) in [7, 11) is -4.41. The van der Waals surface area contributed by atoms with Crippen LogP contribution in [0.15, 0.2) is 84.9 Å². The summed E-state index contributed by atoms with van der Waals surface area (Å²) in [6.07, 6.45) is 2.14. The smallest absolute Gasteiger partial charge is 0.210 e. The number of piperidine rings is 2. The first-order valence-corrected chi connectivity index (χ1v) is 24.7. The van der Waals surface area contributed by atoms with Gasteiger partial charge in [-0.1, -0.05) is 48.5 Å². The second kappa shape index (κ2) is 19.7. The first kappa shape index (κ1) is 48.5. The third kappa shape index (κ3) is 10.8. The topological polar surface area (TPSA) is 173 Å². The molecule has 0 amide bonds. The molecular formula is C47H56F2N4O9S2. The molecule has 0 aromatic heterocycles. The number of sulfonamides is 2. The molecule has 2 N–H and O–H groups in total. The number of phenolic OH excluding ortho intramolecular Hbond substituents is 2. The zero-order chi connectivity index (χ0) is 46.8. The van der Waals surface area contributed by atoms with Crippen molar-refractivity contribution in [3.63, 3.8) is 0 Å². The average Bonchev–Trinajstić information content (AvgIpc) is 3.24. The lowest BCUT2D eigenvalue weighted by Crippen LogP contribution is -2.57. The number of halogens is 2. The fourth-order valence-corrected chi connectivity index (χ4v) is 10.2. The summed E-state index contributed by atoms with van der Waals surface area (Å²) in [6, 6.07) is 20.5. The Morgan fingerprint density at radius 1 is 0.594 bits per heavy atom. The lowest BCUT2D eigenvalue weighted by atomic mass is 9.62. The number of benzene rings is 4. The van der Waals surface area contributed by atoms with Crippen molar-refractivity contribution in [1.82, 2.24) is 18.4 Å². The SMILES string of the molecule is Cc1c(F)cccc1C1C(C(=O)c2cccc(O)c2)CN(CCN(C)S(C)(=O)=O)CC1C(=O)[C@H]1CN(CCN(C)S(C)(=O)=O)C[C@H](C(=O)c2cccc(O)c2)[C@@H]1c1cccc(F)c1C. The van der Waals surface area contributed by atoms with E-state index in [0.29, 0.717) is 11.1 Å². The first-order valence-electron chi connectivity index (χ1n) is 21.0. The van der Waals surface area contributed by atoms with E-state index in [1.54, 1.807) is 26.0 Å². The van der Waals surface area contributed by atoms with E-state index in [-0.39, 0.29) is 86.1 Å². The molecule has 4 aromatic rings. The molecule has 6 atom stereocenters. The summed E-state index contributed by atoms with van der Waals surface area (Å²) in [5, 5.41) is 20.9. The molecule has 64 heavy (non-hydrogen) atoms. The van der Waals surface area contributed by atoms with Gasteiger partial charge in [-0.25, -0.2) is 34.2 Å². The minimum absolute atomic E-state index is 0.00574. The third-order valence-corrected chi connectivity index (χ3v) is 15.8. The van der Waals surface area contributed by atoms with Crippen molar-refractivity contribution in [1.29, 1.82) is 0 Å². The molecule has 17 heteroatoms. The van der Waals surface area contributed by atoms with Gasteiger partial charge in [0.05, 0.1) is 12.5 Å². The van der Waals surface area contributed by atoms with Crippen LogP contribution in [0.2, 0.25) is 0 Å². The van der Waals surface area contributed by atoms with Gasteiger partial charge < -0.3 is 20.0 Å². The Bertz CT molecular complexity index is 2450. The zero-order valence-corrected chi connectivity index (χ0v) is 38.5. The van der Waals surface area contributed by atoms with Gasteiger partial charge in [-0.15, -0.1) is 0 Å². The fraction of sp³-hybridized carbons (Fsp3) is 0.426. The predicted octanol–water partition coefficient (Wildman–Crippen LogP) is 5.07. The number of Topliss-reactive ketones (excluding diaryl/α,β-unsaturated/α-hetero) is 3. The van der Waals surface area contributed by atoms with Gasteiger partial charge in [0.1, 0.15) is 28.9 Å². The van der Waals surface area contributed by atoms with Crippen molar-refractivity contribution in [3.8, 4) is 11.5 Å². The second-order valence-corrected chi connectivity index (χ2v) is 21.5. The molecule has 2 aliphatic heterocycles. The van der Waals surface area contributed by atoms with Gasteiger partial charge in [-0.05, 0) is 72.5 Å².